The van der Waals surface area contributed by atoms with Gasteiger partial charge in [0.2, 0.25) is 11.8 Å². The molecule has 2 bridgehead atoms. The number of amides is 2. The Kier molecular flexibility index (Phi) is 4.29. The third-order valence-corrected chi connectivity index (χ3v) is 6.60. The number of halogens is 1. The maximum atomic E-state index is 13.3. The van der Waals surface area contributed by atoms with Crippen LogP contribution in [0.1, 0.15) is 11.1 Å². The third-order valence-electron chi connectivity index (χ3n) is 6.11. The Balaban J connectivity index is 1.52. The van der Waals surface area contributed by atoms with E-state index in [4.69, 9.17) is 0 Å². The van der Waals surface area contributed by atoms with Gasteiger partial charge in [-0.2, -0.15) is 0 Å². The monoisotopic (exact) mass is 450 g/mol. The van der Waals surface area contributed by atoms with E-state index in [0.29, 0.717) is 12.2 Å². The molecule has 29 heavy (non-hydrogen) atoms. The Hall–Kier alpha value is -2.57. The van der Waals surface area contributed by atoms with E-state index in [0.717, 1.165) is 15.6 Å². The Bertz CT molecular complexity index is 1080. The van der Waals surface area contributed by atoms with Crippen LogP contribution in [0.5, 0.6) is 0 Å². The van der Waals surface area contributed by atoms with Crippen LogP contribution in [0.4, 0.5) is 5.69 Å². The summed E-state index contributed by atoms with van der Waals surface area (Å²) in [4.78, 5) is 42.7. The molecule has 4 atom stereocenters. The number of nitrogens with zero attached hydrogens (tertiary/aromatic N) is 2. The molecule has 5 rings (SSSR count). The highest BCUT2D eigenvalue weighted by atomic mass is 79.9. The molecule has 0 radical (unpaired) electrons. The van der Waals surface area contributed by atoms with Gasteiger partial charge in [-0.05, 0) is 36.8 Å². The van der Waals surface area contributed by atoms with E-state index in [1.54, 1.807) is 30.4 Å². The van der Waals surface area contributed by atoms with Gasteiger partial charge in [0.15, 0.2) is 5.78 Å². The number of aryl methyl sites for hydroxylation is 1. The topological polar surface area (TPSA) is 57.7 Å². The van der Waals surface area contributed by atoms with E-state index < -0.39 is 17.9 Å². The molecule has 0 aromatic heterocycles. The van der Waals surface area contributed by atoms with Gasteiger partial charge in [-0.3, -0.25) is 19.3 Å². The molecule has 0 N–H and O–H groups in total. The largest absolute Gasteiger partial charge is 0.293 e. The van der Waals surface area contributed by atoms with Crippen molar-refractivity contribution in [3.8, 4) is 0 Å². The smallest absolute Gasteiger partial charge is 0.239 e. The first kappa shape index (κ1) is 18.5. The number of fused-ring (bicyclic) bond motifs is 5. The minimum absolute atomic E-state index is 0.0985. The Morgan fingerprint density at radius 3 is 2.48 bits per heavy atom. The summed E-state index contributed by atoms with van der Waals surface area (Å²) in [5, 5.41) is 0. The lowest BCUT2D eigenvalue weighted by Crippen LogP contribution is -2.48. The van der Waals surface area contributed by atoms with Crippen LogP contribution in [0.2, 0.25) is 0 Å². The lowest BCUT2D eigenvalue weighted by Gasteiger charge is -2.33. The molecular formula is C23H19BrN2O3. The maximum absolute atomic E-state index is 13.3. The molecule has 2 saturated heterocycles. The molecule has 0 unspecified atom stereocenters. The number of rotatable bonds is 3. The first-order chi connectivity index (χ1) is 14.0. The minimum atomic E-state index is -0.640. The van der Waals surface area contributed by atoms with Gasteiger partial charge in [0.1, 0.15) is 0 Å². The van der Waals surface area contributed by atoms with E-state index in [2.05, 4.69) is 22.0 Å². The number of ketones is 1. The summed E-state index contributed by atoms with van der Waals surface area (Å²) in [5.41, 5.74) is 2.76. The van der Waals surface area contributed by atoms with Gasteiger partial charge in [0.25, 0.3) is 0 Å². The van der Waals surface area contributed by atoms with Crippen molar-refractivity contribution < 1.29 is 14.4 Å². The van der Waals surface area contributed by atoms with Crippen molar-refractivity contribution in [1.29, 1.82) is 0 Å². The molecule has 5 nitrogen and oxygen atoms in total. The fraction of sp³-hybridized carbons (Fsp3) is 0.261. The zero-order valence-corrected chi connectivity index (χ0v) is 17.4. The third kappa shape index (κ3) is 2.81. The van der Waals surface area contributed by atoms with E-state index in [-0.39, 0.29) is 23.6 Å². The highest BCUT2D eigenvalue weighted by molar-refractivity contribution is 9.10. The molecule has 2 aromatic carbocycles. The molecule has 2 amide bonds. The predicted molar refractivity (Wildman–Crippen MR) is 112 cm³/mol. The summed E-state index contributed by atoms with van der Waals surface area (Å²) in [6.07, 6.45) is 3.35. The van der Waals surface area contributed by atoms with Crippen LogP contribution in [-0.4, -0.2) is 34.6 Å². The van der Waals surface area contributed by atoms with E-state index >= 15 is 0 Å². The highest BCUT2D eigenvalue weighted by Gasteiger charge is 2.64. The van der Waals surface area contributed by atoms with Crippen molar-refractivity contribution in [1.82, 2.24) is 4.90 Å². The molecule has 3 heterocycles. The van der Waals surface area contributed by atoms with Crippen molar-refractivity contribution in [3.05, 3.63) is 76.3 Å². The predicted octanol–water partition coefficient (Wildman–Crippen LogP) is 3.26. The van der Waals surface area contributed by atoms with Gasteiger partial charge in [0, 0.05) is 17.1 Å². The number of anilines is 1. The standard InChI is InChI=1S/C23H19BrN2O3/c1-13-4-2-5-14(10-13)12-25-17-8-9-18(27)21(25)20-19(17)22(28)26(23(20)29)16-7-3-6-15(24)11-16/h2-11,17,19-21H,12H2,1H3/t17-,19-,20-,21+/m0/s1. The average molecular weight is 451 g/mol. The van der Waals surface area contributed by atoms with Crippen LogP contribution >= 0.6 is 15.9 Å². The molecule has 3 aliphatic rings. The van der Waals surface area contributed by atoms with Crippen molar-refractivity contribution in [2.45, 2.75) is 25.6 Å². The summed E-state index contributed by atoms with van der Waals surface area (Å²) >= 11 is 3.40. The molecule has 146 valence electrons. The zero-order valence-electron chi connectivity index (χ0n) is 15.8. The summed E-state index contributed by atoms with van der Waals surface area (Å²) in [5.74, 6) is -1.77. The van der Waals surface area contributed by atoms with Crippen molar-refractivity contribution >= 4 is 39.2 Å². The molecule has 0 saturated carbocycles. The van der Waals surface area contributed by atoms with Gasteiger partial charge in [-0.1, -0.05) is 57.9 Å². The number of hydrogen-bond acceptors (Lipinski definition) is 4. The number of carbonyl (C=O) groups excluding carboxylic acids is 3. The van der Waals surface area contributed by atoms with Crippen LogP contribution in [0, 0.1) is 18.8 Å². The Labute approximate surface area is 177 Å². The van der Waals surface area contributed by atoms with Gasteiger partial charge in [-0.15, -0.1) is 0 Å². The summed E-state index contributed by atoms with van der Waals surface area (Å²) in [7, 11) is 0. The fourth-order valence-corrected chi connectivity index (χ4v) is 5.35. The lowest BCUT2D eigenvalue weighted by molar-refractivity contribution is -0.129. The molecule has 2 aromatic rings. The fourth-order valence-electron chi connectivity index (χ4n) is 4.96. The van der Waals surface area contributed by atoms with Crippen molar-refractivity contribution in [2.24, 2.45) is 11.8 Å². The number of imide groups is 1. The molecule has 0 aliphatic carbocycles. The lowest BCUT2D eigenvalue weighted by atomic mass is 9.90. The van der Waals surface area contributed by atoms with Gasteiger partial charge >= 0.3 is 0 Å². The van der Waals surface area contributed by atoms with E-state index in [1.807, 2.05) is 36.1 Å². The van der Waals surface area contributed by atoms with E-state index in [1.165, 1.54) is 4.90 Å². The van der Waals surface area contributed by atoms with Crippen LogP contribution in [-0.2, 0) is 20.9 Å². The second-order valence-corrected chi connectivity index (χ2v) is 8.82. The number of hydrogen-bond donors (Lipinski definition) is 0. The minimum Gasteiger partial charge on any atom is -0.293 e. The molecule has 2 fully saturated rings. The molecule has 0 spiro atoms. The van der Waals surface area contributed by atoms with Crippen LogP contribution in [0.25, 0.3) is 0 Å². The Morgan fingerprint density at radius 2 is 1.72 bits per heavy atom. The first-order valence-corrected chi connectivity index (χ1v) is 10.4. The van der Waals surface area contributed by atoms with Crippen LogP contribution in [0.3, 0.4) is 0 Å². The quantitative estimate of drug-likeness (QED) is 0.673. The summed E-state index contributed by atoms with van der Waals surface area (Å²) < 4.78 is 0.796. The average Bonchev–Trinajstić information content (AvgIpc) is 3.06. The normalized spacial score (nSPS) is 28.3. The number of carbonyl (C=O) groups is 3. The van der Waals surface area contributed by atoms with Crippen LogP contribution in [0.15, 0.2) is 65.2 Å². The van der Waals surface area contributed by atoms with Gasteiger partial charge < -0.3 is 0 Å². The SMILES string of the molecule is Cc1cccc(CN2[C@@H]3C(=O)C=C[C@H]2[C@@H]2C(=O)N(c4cccc(Br)c4)C(=O)[C@@H]23)c1. The molecule has 3 aliphatic heterocycles. The molecule has 6 heteroatoms. The Morgan fingerprint density at radius 1 is 0.966 bits per heavy atom. The van der Waals surface area contributed by atoms with Gasteiger partial charge in [0.05, 0.1) is 23.6 Å². The van der Waals surface area contributed by atoms with Gasteiger partial charge in [-0.25, -0.2) is 4.90 Å². The zero-order chi connectivity index (χ0) is 20.3. The van der Waals surface area contributed by atoms with E-state index in [9.17, 15) is 14.4 Å². The second-order valence-electron chi connectivity index (χ2n) is 7.90. The molecular weight excluding hydrogens is 432 g/mol. The number of benzene rings is 2. The van der Waals surface area contributed by atoms with Crippen molar-refractivity contribution in [3.63, 3.8) is 0 Å². The second kappa shape index (κ2) is 6.75. The maximum Gasteiger partial charge on any atom is 0.239 e. The first-order valence-electron chi connectivity index (χ1n) is 9.62. The van der Waals surface area contributed by atoms with Crippen LogP contribution < -0.4 is 4.90 Å². The highest BCUT2D eigenvalue weighted by Crippen LogP contribution is 2.47. The summed E-state index contributed by atoms with van der Waals surface area (Å²) in [6.45, 7) is 2.56. The summed E-state index contributed by atoms with van der Waals surface area (Å²) in [6, 6.07) is 14.4. The van der Waals surface area contributed by atoms with Crippen molar-refractivity contribution in [2.75, 3.05) is 4.90 Å².